The van der Waals surface area contributed by atoms with Crippen LogP contribution >= 0.6 is 0 Å². The van der Waals surface area contributed by atoms with Gasteiger partial charge in [-0.2, -0.15) is 9.37 Å². The summed E-state index contributed by atoms with van der Waals surface area (Å²) >= 11 is 0. The lowest BCUT2D eigenvalue weighted by Crippen LogP contribution is -2.10. The van der Waals surface area contributed by atoms with Crippen LogP contribution in [0.1, 0.15) is 26.3 Å². The molecule has 1 aromatic carbocycles. The second-order valence-electron chi connectivity index (χ2n) is 5.54. The van der Waals surface area contributed by atoms with Crippen molar-refractivity contribution in [1.29, 1.82) is 0 Å². The first-order valence-electron chi connectivity index (χ1n) is 6.16. The SMILES string of the molecule is CC(C)(C)c1ccc(Nc2nc(F)c(F)cc2F)cc1. The molecule has 20 heavy (non-hydrogen) atoms. The van der Waals surface area contributed by atoms with Gasteiger partial charge in [-0.3, -0.25) is 0 Å². The molecule has 0 fully saturated rings. The minimum absolute atomic E-state index is 0.00398. The molecular weight excluding hydrogens is 265 g/mol. The fraction of sp³-hybridized carbons (Fsp3) is 0.267. The molecule has 0 saturated carbocycles. The van der Waals surface area contributed by atoms with Gasteiger partial charge in [0, 0.05) is 11.8 Å². The molecule has 0 saturated heterocycles. The molecule has 2 nitrogen and oxygen atoms in total. The number of nitrogens with one attached hydrogen (secondary N) is 1. The van der Waals surface area contributed by atoms with Gasteiger partial charge in [-0.15, -0.1) is 0 Å². The monoisotopic (exact) mass is 280 g/mol. The predicted molar refractivity (Wildman–Crippen MR) is 72.5 cm³/mol. The van der Waals surface area contributed by atoms with E-state index in [1.807, 2.05) is 12.1 Å². The number of hydrogen-bond donors (Lipinski definition) is 1. The predicted octanol–water partition coefficient (Wildman–Crippen LogP) is 4.54. The third kappa shape index (κ3) is 3.10. The molecule has 0 radical (unpaired) electrons. The summed E-state index contributed by atoms with van der Waals surface area (Å²) in [4.78, 5) is 3.21. The van der Waals surface area contributed by atoms with E-state index in [2.05, 4.69) is 31.1 Å². The highest BCUT2D eigenvalue weighted by Crippen LogP contribution is 2.25. The number of aromatic nitrogens is 1. The molecule has 0 aliphatic carbocycles. The van der Waals surface area contributed by atoms with E-state index in [1.165, 1.54) is 0 Å². The van der Waals surface area contributed by atoms with E-state index in [0.29, 0.717) is 11.8 Å². The molecule has 0 aliphatic rings. The Kier molecular flexibility index (Phi) is 3.70. The van der Waals surface area contributed by atoms with Gasteiger partial charge in [0.1, 0.15) is 0 Å². The maximum Gasteiger partial charge on any atom is 0.251 e. The summed E-state index contributed by atoms with van der Waals surface area (Å²) in [6, 6.07) is 7.72. The van der Waals surface area contributed by atoms with Crippen LogP contribution in [0.4, 0.5) is 24.7 Å². The molecule has 1 aromatic heterocycles. The van der Waals surface area contributed by atoms with Crippen LogP contribution in [0.15, 0.2) is 30.3 Å². The first-order valence-corrected chi connectivity index (χ1v) is 6.16. The fourth-order valence-electron chi connectivity index (χ4n) is 1.72. The maximum atomic E-state index is 13.5. The van der Waals surface area contributed by atoms with Crippen molar-refractivity contribution in [1.82, 2.24) is 4.98 Å². The molecule has 1 heterocycles. The van der Waals surface area contributed by atoms with Gasteiger partial charge in [-0.1, -0.05) is 32.9 Å². The highest BCUT2D eigenvalue weighted by atomic mass is 19.2. The molecule has 0 unspecified atom stereocenters. The number of halogens is 3. The Bertz CT molecular complexity index is 616. The molecule has 106 valence electrons. The number of pyridine rings is 1. The number of nitrogens with zero attached hydrogens (tertiary/aromatic N) is 1. The molecule has 0 atom stereocenters. The van der Waals surface area contributed by atoms with Crippen LogP contribution in [0.3, 0.4) is 0 Å². The van der Waals surface area contributed by atoms with E-state index in [0.717, 1.165) is 5.56 Å². The Hall–Kier alpha value is -2.04. The van der Waals surface area contributed by atoms with Crippen LogP contribution in [-0.2, 0) is 5.41 Å². The molecule has 0 bridgehead atoms. The summed E-state index contributed by atoms with van der Waals surface area (Å²) in [5.74, 6) is -3.92. The average molecular weight is 280 g/mol. The van der Waals surface area contributed by atoms with Crippen molar-refractivity contribution < 1.29 is 13.2 Å². The van der Waals surface area contributed by atoms with Gasteiger partial charge in [0.2, 0.25) is 0 Å². The minimum Gasteiger partial charge on any atom is -0.338 e. The zero-order valence-corrected chi connectivity index (χ0v) is 11.5. The van der Waals surface area contributed by atoms with E-state index in [4.69, 9.17) is 0 Å². The van der Waals surface area contributed by atoms with Gasteiger partial charge in [0.15, 0.2) is 17.5 Å². The van der Waals surface area contributed by atoms with Crippen molar-refractivity contribution in [3.63, 3.8) is 0 Å². The van der Waals surface area contributed by atoms with Gasteiger partial charge in [0.05, 0.1) is 0 Å². The fourth-order valence-corrected chi connectivity index (χ4v) is 1.72. The molecule has 0 spiro atoms. The first kappa shape index (κ1) is 14.4. The second kappa shape index (κ2) is 5.15. The zero-order valence-electron chi connectivity index (χ0n) is 11.5. The van der Waals surface area contributed by atoms with Crippen LogP contribution < -0.4 is 5.32 Å². The van der Waals surface area contributed by atoms with Crippen molar-refractivity contribution in [3.05, 3.63) is 53.5 Å². The zero-order chi connectivity index (χ0) is 14.9. The van der Waals surface area contributed by atoms with Gasteiger partial charge >= 0.3 is 0 Å². The normalized spacial score (nSPS) is 11.5. The highest BCUT2D eigenvalue weighted by Gasteiger charge is 2.14. The Balaban J connectivity index is 2.25. The van der Waals surface area contributed by atoms with Crippen molar-refractivity contribution >= 4 is 11.5 Å². The van der Waals surface area contributed by atoms with Crippen molar-refractivity contribution in [2.24, 2.45) is 0 Å². The third-order valence-electron chi connectivity index (χ3n) is 2.90. The standard InChI is InChI=1S/C15H15F3N2/c1-15(2,3)9-4-6-10(7-5-9)19-14-12(17)8-11(16)13(18)20-14/h4-8H,1-3H3,(H,19,20). The second-order valence-corrected chi connectivity index (χ2v) is 5.54. The van der Waals surface area contributed by atoms with E-state index < -0.39 is 17.6 Å². The molecule has 2 aromatic rings. The van der Waals surface area contributed by atoms with Crippen molar-refractivity contribution in [2.75, 3.05) is 5.32 Å². The summed E-state index contributed by atoms with van der Waals surface area (Å²) in [5, 5.41) is 2.63. The van der Waals surface area contributed by atoms with Crippen molar-refractivity contribution in [3.8, 4) is 0 Å². The molecule has 1 N–H and O–H groups in total. The van der Waals surface area contributed by atoms with E-state index >= 15 is 0 Å². The lowest BCUT2D eigenvalue weighted by Gasteiger charge is -2.19. The number of anilines is 2. The van der Waals surface area contributed by atoms with Gasteiger partial charge in [0.25, 0.3) is 5.95 Å². The largest absolute Gasteiger partial charge is 0.338 e. The van der Waals surface area contributed by atoms with Gasteiger partial charge < -0.3 is 5.32 Å². The number of hydrogen-bond acceptors (Lipinski definition) is 2. The molecule has 2 rings (SSSR count). The summed E-state index contributed by atoms with van der Waals surface area (Å²) in [5.41, 5.74) is 1.67. The molecule has 5 heteroatoms. The topological polar surface area (TPSA) is 24.9 Å². The highest BCUT2D eigenvalue weighted by molar-refractivity contribution is 5.57. The van der Waals surface area contributed by atoms with E-state index in [-0.39, 0.29) is 11.2 Å². The summed E-state index contributed by atoms with van der Waals surface area (Å²) < 4.78 is 39.2. The Labute approximate surface area is 115 Å². The van der Waals surface area contributed by atoms with Crippen LogP contribution in [0, 0.1) is 17.6 Å². The molecular formula is C15H15F3N2. The lowest BCUT2D eigenvalue weighted by atomic mass is 9.87. The summed E-state index contributed by atoms with van der Waals surface area (Å²) in [6.07, 6.45) is 0. The van der Waals surface area contributed by atoms with Crippen LogP contribution in [-0.4, -0.2) is 4.98 Å². The van der Waals surface area contributed by atoms with E-state index in [1.54, 1.807) is 12.1 Å². The first-order chi connectivity index (χ1) is 9.27. The Morgan fingerprint density at radius 3 is 2.10 bits per heavy atom. The van der Waals surface area contributed by atoms with Gasteiger partial charge in [-0.05, 0) is 23.1 Å². The van der Waals surface area contributed by atoms with Crippen molar-refractivity contribution in [2.45, 2.75) is 26.2 Å². The van der Waals surface area contributed by atoms with Crippen LogP contribution in [0.5, 0.6) is 0 Å². The molecule has 0 amide bonds. The maximum absolute atomic E-state index is 13.5. The molecule has 0 aliphatic heterocycles. The van der Waals surface area contributed by atoms with Crippen LogP contribution in [0.25, 0.3) is 0 Å². The Morgan fingerprint density at radius 1 is 0.950 bits per heavy atom. The number of benzene rings is 1. The average Bonchev–Trinajstić information content (AvgIpc) is 2.35. The quantitative estimate of drug-likeness (QED) is 0.817. The summed E-state index contributed by atoms with van der Waals surface area (Å²) in [7, 11) is 0. The van der Waals surface area contributed by atoms with E-state index in [9.17, 15) is 13.2 Å². The summed E-state index contributed by atoms with van der Waals surface area (Å²) in [6.45, 7) is 6.23. The smallest absolute Gasteiger partial charge is 0.251 e. The third-order valence-corrected chi connectivity index (χ3v) is 2.90. The van der Waals surface area contributed by atoms with Crippen LogP contribution in [0.2, 0.25) is 0 Å². The van der Waals surface area contributed by atoms with Gasteiger partial charge in [-0.25, -0.2) is 8.78 Å². The Morgan fingerprint density at radius 2 is 1.55 bits per heavy atom. The number of rotatable bonds is 2. The minimum atomic E-state index is -1.33. The lowest BCUT2D eigenvalue weighted by molar-refractivity contribution is 0.467.